The molecule has 1 aromatic carbocycles. The van der Waals surface area contributed by atoms with Crippen molar-refractivity contribution in [3.8, 4) is 5.75 Å². The quantitative estimate of drug-likeness (QED) is 0.863. The first-order valence-corrected chi connectivity index (χ1v) is 5.89. The van der Waals surface area contributed by atoms with E-state index in [1.165, 1.54) is 16.9 Å². The van der Waals surface area contributed by atoms with Crippen LogP contribution >= 0.6 is 11.3 Å². The van der Waals surface area contributed by atoms with E-state index in [0.717, 1.165) is 23.8 Å². The van der Waals surface area contributed by atoms with Gasteiger partial charge in [0.15, 0.2) is 0 Å². The predicted molar refractivity (Wildman–Crippen MR) is 65.1 cm³/mol. The minimum absolute atomic E-state index is 0.863. The van der Waals surface area contributed by atoms with Gasteiger partial charge in [0.2, 0.25) is 5.13 Å². The molecule has 2 aromatic rings. The summed E-state index contributed by atoms with van der Waals surface area (Å²) in [5, 5.41) is 11.8. The summed E-state index contributed by atoms with van der Waals surface area (Å²) in [4.78, 5) is 0. The molecule has 0 amide bonds. The molecule has 1 N–H and O–H groups in total. The molecule has 2 rings (SSSR count). The first-order chi connectivity index (χ1) is 7.88. The molecule has 0 radical (unpaired) electrons. The van der Waals surface area contributed by atoms with Gasteiger partial charge in [0, 0.05) is 6.54 Å². The molecular weight excluding hydrogens is 222 g/mol. The van der Waals surface area contributed by atoms with Crippen molar-refractivity contribution >= 4 is 16.5 Å². The van der Waals surface area contributed by atoms with E-state index in [4.69, 9.17) is 4.74 Å². The van der Waals surface area contributed by atoms with Crippen molar-refractivity contribution in [2.24, 2.45) is 0 Å². The number of hydrogen-bond donors (Lipinski definition) is 1. The fraction of sp³-hybridized carbons (Fsp3) is 0.273. The summed E-state index contributed by atoms with van der Waals surface area (Å²) in [6, 6.07) is 8.09. The molecule has 1 aromatic heterocycles. The lowest BCUT2D eigenvalue weighted by molar-refractivity contribution is 0.414. The Morgan fingerprint density at radius 1 is 1.31 bits per heavy atom. The van der Waals surface area contributed by atoms with Gasteiger partial charge in [-0.25, -0.2) is 0 Å². The molecule has 0 spiro atoms. The topological polar surface area (TPSA) is 47.0 Å². The molecule has 0 aliphatic heterocycles. The minimum Gasteiger partial charge on any atom is -0.497 e. The lowest BCUT2D eigenvalue weighted by Crippen LogP contribution is -2.04. The fourth-order valence-electron chi connectivity index (χ4n) is 1.36. The number of nitrogens with one attached hydrogen (secondary N) is 1. The monoisotopic (exact) mass is 235 g/mol. The minimum atomic E-state index is 0.863. The van der Waals surface area contributed by atoms with E-state index < -0.39 is 0 Å². The van der Waals surface area contributed by atoms with Crippen LogP contribution in [0.5, 0.6) is 5.75 Å². The molecule has 0 saturated carbocycles. The number of hydrogen-bond acceptors (Lipinski definition) is 5. The summed E-state index contributed by atoms with van der Waals surface area (Å²) < 4.78 is 5.10. The first-order valence-electron chi connectivity index (χ1n) is 5.01. The Morgan fingerprint density at radius 2 is 2.12 bits per heavy atom. The highest BCUT2D eigenvalue weighted by atomic mass is 32.1. The number of benzene rings is 1. The van der Waals surface area contributed by atoms with E-state index in [0.29, 0.717) is 0 Å². The molecule has 0 atom stereocenters. The maximum Gasteiger partial charge on any atom is 0.205 e. The summed E-state index contributed by atoms with van der Waals surface area (Å²) in [5.74, 6) is 0.890. The van der Waals surface area contributed by atoms with Gasteiger partial charge in [-0.15, -0.1) is 10.2 Å². The summed E-state index contributed by atoms with van der Waals surface area (Å²) in [6.07, 6.45) is 0.962. The van der Waals surface area contributed by atoms with Crippen LogP contribution in [0.15, 0.2) is 29.8 Å². The van der Waals surface area contributed by atoms with Crippen molar-refractivity contribution < 1.29 is 4.74 Å². The zero-order chi connectivity index (χ0) is 11.2. The second kappa shape index (κ2) is 5.46. The summed E-state index contributed by atoms with van der Waals surface area (Å²) in [7, 11) is 1.67. The fourth-order valence-corrected chi connectivity index (χ4v) is 1.83. The third kappa shape index (κ3) is 2.93. The molecule has 4 nitrogen and oxygen atoms in total. The summed E-state index contributed by atoms with van der Waals surface area (Å²) in [5.41, 5.74) is 2.99. The second-order valence-corrected chi connectivity index (χ2v) is 4.10. The van der Waals surface area contributed by atoms with Gasteiger partial charge >= 0.3 is 0 Å². The van der Waals surface area contributed by atoms with E-state index in [-0.39, 0.29) is 0 Å². The molecule has 16 heavy (non-hydrogen) atoms. The molecule has 0 bridgehead atoms. The zero-order valence-electron chi connectivity index (χ0n) is 9.01. The zero-order valence-corrected chi connectivity index (χ0v) is 9.83. The number of methoxy groups -OCH3 is 1. The van der Waals surface area contributed by atoms with Crippen LogP contribution in [0.2, 0.25) is 0 Å². The number of rotatable bonds is 5. The summed E-state index contributed by atoms with van der Waals surface area (Å²) >= 11 is 1.51. The molecule has 0 fully saturated rings. The van der Waals surface area contributed by atoms with Crippen LogP contribution in [0.25, 0.3) is 0 Å². The third-order valence-corrected chi connectivity index (χ3v) is 2.86. The lowest BCUT2D eigenvalue weighted by Gasteiger charge is -2.04. The highest BCUT2D eigenvalue weighted by molar-refractivity contribution is 7.13. The van der Waals surface area contributed by atoms with E-state index in [1.807, 2.05) is 12.1 Å². The number of ether oxygens (including phenoxy) is 1. The third-order valence-electron chi connectivity index (χ3n) is 2.21. The van der Waals surface area contributed by atoms with Crippen LogP contribution in [-0.4, -0.2) is 23.9 Å². The Morgan fingerprint density at radius 3 is 2.75 bits per heavy atom. The molecule has 0 aliphatic rings. The first kappa shape index (κ1) is 10.9. The predicted octanol–water partition coefficient (Wildman–Crippen LogP) is 2.20. The van der Waals surface area contributed by atoms with Crippen molar-refractivity contribution in [1.29, 1.82) is 0 Å². The molecular formula is C11H13N3OS. The van der Waals surface area contributed by atoms with Gasteiger partial charge in [0.1, 0.15) is 11.3 Å². The van der Waals surface area contributed by atoms with Gasteiger partial charge in [0.05, 0.1) is 7.11 Å². The Bertz CT molecular complexity index is 413. The Labute approximate surface area is 98.3 Å². The van der Waals surface area contributed by atoms with Crippen LogP contribution in [0.1, 0.15) is 5.56 Å². The largest absolute Gasteiger partial charge is 0.497 e. The van der Waals surface area contributed by atoms with Crippen molar-refractivity contribution in [3.63, 3.8) is 0 Å². The van der Waals surface area contributed by atoms with Gasteiger partial charge in [0.25, 0.3) is 0 Å². The Hall–Kier alpha value is -1.62. The van der Waals surface area contributed by atoms with Crippen molar-refractivity contribution in [3.05, 3.63) is 35.3 Å². The summed E-state index contributed by atoms with van der Waals surface area (Å²) in [6.45, 7) is 0.863. The van der Waals surface area contributed by atoms with Crippen LogP contribution in [0, 0.1) is 0 Å². The van der Waals surface area contributed by atoms with Crippen molar-refractivity contribution in [2.75, 3.05) is 19.0 Å². The Balaban J connectivity index is 1.81. The average molecular weight is 235 g/mol. The van der Waals surface area contributed by atoms with E-state index in [1.54, 1.807) is 12.6 Å². The van der Waals surface area contributed by atoms with Gasteiger partial charge in [-0.2, -0.15) is 0 Å². The average Bonchev–Trinajstić information content (AvgIpc) is 2.83. The highest BCUT2D eigenvalue weighted by Gasteiger charge is 1.97. The normalized spacial score (nSPS) is 10.1. The van der Waals surface area contributed by atoms with Crippen molar-refractivity contribution in [2.45, 2.75) is 6.42 Å². The van der Waals surface area contributed by atoms with Crippen molar-refractivity contribution in [1.82, 2.24) is 10.2 Å². The van der Waals surface area contributed by atoms with E-state index in [2.05, 4.69) is 27.6 Å². The standard InChI is InChI=1S/C11H13N3OS/c1-15-10-4-2-9(3-5-10)6-7-12-11-14-13-8-16-11/h2-5,8H,6-7H2,1H3,(H,12,14). The molecule has 5 heteroatoms. The number of aromatic nitrogens is 2. The van der Waals surface area contributed by atoms with Crippen LogP contribution in [0.4, 0.5) is 5.13 Å². The lowest BCUT2D eigenvalue weighted by atomic mass is 10.1. The van der Waals surface area contributed by atoms with Gasteiger partial charge in [-0.3, -0.25) is 0 Å². The van der Waals surface area contributed by atoms with Gasteiger partial charge < -0.3 is 10.1 Å². The molecule has 0 aliphatic carbocycles. The second-order valence-electron chi connectivity index (χ2n) is 3.27. The van der Waals surface area contributed by atoms with Crippen LogP contribution in [-0.2, 0) is 6.42 Å². The van der Waals surface area contributed by atoms with Gasteiger partial charge in [-0.05, 0) is 24.1 Å². The van der Waals surface area contributed by atoms with E-state index >= 15 is 0 Å². The molecule has 0 saturated heterocycles. The molecule has 1 heterocycles. The number of nitrogens with zero attached hydrogens (tertiary/aromatic N) is 2. The van der Waals surface area contributed by atoms with Gasteiger partial charge in [-0.1, -0.05) is 23.5 Å². The Kier molecular flexibility index (Phi) is 3.71. The van der Waals surface area contributed by atoms with Crippen LogP contribution < -0.4 is 10.1 Å². The highest BCUT2D eigenvalue weighted by Crippen LogP contribution is 2.12. The molecule has 84 valence electrons. The maximum absolute atomic E-state index is 5.10. The number of anilines is 1. The van der Waals surface area contributed by atoms with Crippen LogP contribution in [0.3, 0.4) is 0 Å². The smallest absolute Gasteiger partial charge is 0.205 e. The SMILES string of the molecule is COc1ccc(CCNc2nncs2)cc1. The maximum atomic E-state index is 5.10. The molecule has 0 unspecified atom stereocenters. The van der Waals surface area contributed by atoms with E-state index in [9.17, 15) is 0 Å².